The average molecular weight is 344 g/mol. The van der Waals surface area contributed by atoms with E-state index in [4.69, 9.17) is 0 Å². The number of carbonyl (C=O) groups excluding carboxylic acids is 1. The van der Waals surface area contributed by atoms with Gasteiger partial charge in [0.15, 0.2) is 0 Å². The molecule has 0 bridgehead atoms. The van der Waals surface area contributed by atoms with Crippen LogP contribution < -0.4 is 0 Å². The number of halogens is 1. The molecule has 0 unspecified atom stereocenters. The maximum absolute atomic E-state index is 13.0. The van der Waals surface area contributed by atoms with Crippen LogP contribution in [0.4, 0.5) is 4.39 Å². The van der Waals surface area contributed by atoms with Gasteiger partial charge in [-0.05, 0) is 44.2 Å². The molecule has 0 saturated carbocycles. The summed E-state index contributed by atoms with van der Waals surface area (Å²) < 4.78 is 39.8. The third kappa shape index (κ3) is 2.53. The highest BCUT2D eigenvalue weighted by molar-refractivity contribution is 8.03. The molecule has 5 nitrogen and oxygen atoms in total. The van der Waals surface area contributed by atoms with Crippen LogP contribution in [0.25, 0.3) is 0 Å². The summed E-state index contributed by atoms with van der Waals surface area (Å²) in [5.74, 6) is -0.724. The summed E-state index contributed by atoms with van der Waals surface area (Å²) in [5.41, 5.74) is 0. The van der Waals surface area contributed by atoms with Crippen LogP contribution in [-0.4, -0.2) is 54.3 Å². The molecule has 2 aliphatic heterocycles. The molecule has 1 aromatic rings. The number of hydrogen-bond donors (Lipinski definition) is 0. The van der Waals surface area contributed by atoms with Crippen LogP contribution in [0.1, 0.15) is 12.8 Å². The van der Waals surface area contributed by atoms with Crippen LogP contribution >= 0.6 is 11.8 Å². The van der Waals surface area contributed by atoms with Gasteiger partial charge in [-0.25, -0.2) is 17.1 Å². The minimum Gasteiger partial charge on any atom is -0.306 e. The highest BCUT2D eigenvalue weighted by atomic mass is 32.2. The van der Waals surface area contributed by atoms with Gasteiger partial charge in [0, 0.05) is 13.1 Å². The van der Waals surface area contributed by atoms with E-state index in [-0.39, 0.29) is 16.6 Å². The summed E-state index contributed by atoms with van der Waals surface area (Å²) in [7, 11) is -1.97. The molecule has 1 spiro atoms. The van der Waals surface area contributed by atoms with Gasteiger partial charge in [0.25, 0.3) is 10.0 Å². The van der Waals surface area contributed by atoms with E-state index in [0.717, 1.165) is 29.5 Å². The van der Waals surface area contributed by atoms with Crippen LogP contribution in [0.3, 0.4) is 0 Å². The molecule has 1 aromatic carbocycles. The number of benzene rings is 1. The van der Waals surface area contributed by atoms with Crippen molar-refractivity contribution in [3.8, 4) is 0 Å². The van der Waals surface area contributed by atoms with Gasteiger partial charge in [-0.2, -0.15) is 0 Å². The largest absolute Gasteiger partial charge is 0.306 e. The Labute approximate surface area is 133 Å². The van der Waals surface area contributed by atoms with Crippen LogP contribution in [0, 0.1) is 5.82 Å². The number of piperidine rings is 1. The van der Waals surface area contributed by atoms with Gasteiger partial charge in [-0.1, -0.05) is 0 Å². The monoisotopic (exact) mass is 344 g/mol. The maximum Gasteiger partial charge on any atom is 0.267 e. The molecule has 2 heterocycles. The van der Waals surface area contributed by atoms with Crippen LogP contribution in [-0.2, 0) is 14.8 Å². The second-order valence-electron chi connectivity index (χ2n) is 5.66. The van der Waals surface area contributed by atoms with E-state index in [0.29, 0.717) is 12.8 Å². The van der Waals surface area contributed by atoms with Crippen LogP contribution in [0.5, 0.6) is 0 Å². The molecule has 22 heavy (non-hydrogen) atoms. The molecule has 2 fully saturated rings. The van der Waals surface area contributed by atoms with Crippen molar-refractivity contribution in [3.63, 3.8) is 0 Å². The predicted octanol–water partition coefficient (Wildman–Crippen LogP) is 1.51. The summed E-state index contributed by atoms with van der Waals surface area (Å²) in [4.78, 5) is 13.6. The van der Waals surface area contributed by atoms with Crippen molar-refractivity contribution >= 4 is 27.7 Å². The van der Waals surface area contributed by atoms with Crippen molar-refractivity contribution in [1.82, 2.24) is 9.21 Å². The first-order chi connectivity index (χ1) is 10.3. The van der Waals surface area contributed by atoms with Gasteiger partial charge < -0.3 is 4.90 Å². The lowest BCUT2D eigenvalue weighted by atomic mass is 10.0. The van der Waals surface area contributed by atoms with Gasteiger partial charge in [0.2, 0.25) is 5.91 Å². The minimum absolute atomic E-state index is 0.0388. The van der Waals surface area contributed by atoms with E-state index < -0.39 is 20.7 Å². The van der Waals surface area contributed by atoms with Crippen LogP contribution in [0.15, 0.2) is 29.2 Å². The smallest absolute Gasteiger partial charge is 0.267 e. The van der Waals surface area contributed by atoms with E-state index in [1.165, 1.54) is 23.9 Å². The Morgan fingerprint density at radius 3 is 2.36 bits per heavy atom. The highest BCUT2D eigenvalue weighted by Gasteiger charge is 2.53. The number of nitrogens with zero attached hydrogens (tertiary/aromatic N) is 2. The number of carbonyl (C=O) groups is 1. The molecule has 2 aliphatic rings. The Balaban J connectivity index is 2.00. The summed E-state index contributed by atoms with van der Waals surface area (Å²) in [6.07, 6.45) is 1.22. The second kappa shape index (κ2) is 5.50. The fourth-order valence-corrected chi connectivity index (χ4v) is 6.31. The van der Waals surface area contributed by atoms with E-state index in [2.05, 4.69) is 4.90 Å². The Kier molecular flexibility index (Phi) is 3.94. The zero-order valence-electron chi connectivity index (χ0n) is 12.2. The second-order valence-corrected chi connectivity index (χ2v) is 8.78. The minimum atomic E-state index is -3.95. The molecule has 0 N–H and O–H groups in total. The first-order valence-electron chi connectivity index (χ1n) is 7.01. The van der Waals surface area contributed by atoms with E-state index in [1.807, 2.05) is 7.05 Å². The average Bonchev–Trinajstić information content (AvgIpc) is 2.80. The van der Waals surface area contributed by atoms with Crippen molar-refractivity contribution < 1.29 is 17.6 Å². The zero-order valence-corrected chi connectivity index (χ0v) is 13.8. The van der Waals surface area contributed by atoms with Gasteiger partial charge in [0.05, 0.1) is 10.6 Å². The fraction of sp³-hybridized carbons (Fsp3) is 0.500. The molecule has 0 atom stereocenters. The summed E-state index contributed by atoms with van der Waals surface area (Å²) in [6.45, 7) is 1.49. The lowest BCUT2D eigenvalue weighted by Gasteiger charge is -2.42. The predicted molar refractivity (Wildman–Crippen MR) is 82.4 cm³/mol. The Morgan fingerprint density at radius 1 is 1.18 bits per heavy atom. The highest BCUT2D eigenvalue weighted by Crippen LogP contribution is 2.46. The fourth-order valence-electron chi connectivity index (χ4n) is 2.92. The van der Waals surface area contributed by atoms with Gasteiger partial charge >= 0.3 is 0 Å². The van der Waals surface area contributed by atoms with E-state index in [1.54, 1.807) is 0 Å². The molecular formula is C14H17FN2O3S2. The molecule has 3 rings (SSSR count). The van der Waals surface area contributed by atoms with E-state index >= 15 is 0 Å². The van der Waals surface area contributed by atoms with Crippen LogP contribution in [0.2, 0.25) is 0 Å². The van der Waals surface area contributed by atoms with Crippen molar-refractivity contribution in [2.45, 2.75) is 22.6 Å². The first-order valence-corrected chi connectivity index (χ1v) is 9.44. The Morgan fingerprint density at radius 2 is 1.77 bits per heavy atom. The lowest BCUT2D eigenvalue weighted by molar-refractivity contribution is -0.125. The number of rotatable bonds is 2. The normalized spacial score (nSPS) is 22.5. The van der Waals surface area contributed by atoms with Crippen molar-refractivity contribution in [2.24, 2.45) is 0 Å². The number of likely N-dealkylation sites (tertiary alicyclic amines) is 1. The van der Waals surface area contributed by atoms with Gasteiger partial charge in [0.1, 0.15) is 10.7 Å². The molecule has 120 valence electrons. The SMILES string of the molecule is CN1CCC2(CC1)SCC(=O)N2S(=O)(=O)c1ccc(F)cc1. The van der Waals surface area contributed by atoms with Crippen molar-refractivity contribution in [1.29, 1.82) is 0 Å². The molecule has 0 radical (unpaired) electrons. The number of hydrogen-bond acceptors (Lipinski definition) is 5. The van der Waals surface area contributed by atoms with Gasteiger partial charge in [-0.3, -0.25) is 4.79 Å². The first kappa shape index (κ1) is 15.8. The molecule has 0 aromatic heterocycles. The van der Waals surface area contributed by atoms with Crippen molar-refractivity contribution in [2.75, 3.05) is 25.9 Å². The quantitative estimate of drug-likeness (QED) is 0.814. The number of sulfonamides is 1. The molecule has 8 heteroatoms. The molecule has 0 aliphatic carbocycles. The van der Waals surface area contributed by atoms with Gasteiger partial charge in [-0.15, -0.1) is 11.8 Å². The molecular weight excluding hydrogens is 327 g/mol. The van der Waals surface area contributed by atoms with E-state index in [9.17, 15) is 17.6 Å². The topological polar surface area (TPSA) is 57.7 Å². The third-order valence-corrected chi connectivity index (χ3v) is 7.72. The lowest BCUT2D eigenvalue weighted by Crippen LogP contribution is -2.53. The summed E-state index contributed by atoms with van der Waals surface area (Å²) in [6, 6.07) is 4.62. The molecule has 1 amide bonds. The van der Waals surface area contributed by atoms with Crippen molar-refractivity contribution in [3.05, 3.63) is 30.1 Å². The standard InChI is InChI=1S/C14H17FN2O3S2/c1-16-8-6-14(7-9-16)17(13(18)10-21-14)22(19,20)12-4-2-11(15)3-5-12/h2-5H,6-10H2,1H3. The summed E-state index contributed by atoms with van der Waals surface area (Å²) in [5, 5.41) is 0. The zero-order chi connectivity index (χ0) is 16.0. The third-order valence-electron chi connectivity index (χ3n) is 4.18. The number of thioether (sulfide) groups is 1. The number of amides is 1. The maximum atomic E-state index is 13.0. The molecule has 2 saturated heterocycles. The Hall–Kier alpha value is -1.12. The Bertz CT molecular complexity index is 683. The summed E-state index contributed by atoms with van der Waals surface area (Å²) >= 11 is 1.41.